The number of ether oxygens (including phenoxy) is 1. The molecule has 0 radical (unpaired) electrons. The maximum atomic E-state index is 11.4. The highest BCUT2D eigenvalue weighted by molar-refractivity contribution is 7.89. The molecule has 1 saturated carbocycles. The van der Waals surface area contributed by atoms with Crippen LogP contribution in [0.25, 0.3) is 0 Å². The molecule has 1 aliphatic carbocycles. The number of sulfonamides is 1. The van der Waals surface area contributed by atoms with Crippen LogP contribution >= 0.6 is 0 Å². The van der Waals surface area contributed by atoms with Gasteiger partial charge in [-0.05, 0) is 32.1 Å². The van der Waals surface area contributed by atoms with Crippen molar-refractivity contribution >= 4 is 10.0 Å². The third kappa shape index (κ3) is 2.27. The van der Waals surface area contributed by atoms with Gasteiger partial charge in [-0.3, -0.25) is 0 Å². The third-order valence-corrected chi connectivity index (χ3v) is 4.36. The lowest BCUT2D eigenvalue weighted by Crippen LogP contribution is -2.41. The molecule has 0 bridgehead atoms. The van der Waals surface area contributed by atoms with Crippen LogP contribution in [0.15, 0.2) is 0 Å². The van der Waals surface area contributed by atoms with E-state index in [2.05, 4.69) is 4.72 Å². The average molecular weight is 219 g/mol. The third-order valence-electron chi connectivity index (χ3n) is 2.93. The molecule has 5 heteroatoms. The molecule has 0 spiro atoms. The van der Waals surface area contributed by atoms with E-state index in [9.17, 15) is 8.42 Å². The van der Waals surface area contributed by atoms with Crippen LogP contribution in [-0.4, -0.2) is 32.9 Å². The van der Waals surface area contributed by atoms with E-state index in [0.717, 1.165) is 6.42 Å². The van der Waals surface area contributed by atoms with Gasteiger partial charge in [0.05, 0.1) is 17.9 Å². The summed E-state index contributed by atoms with van der Waals surface area (Å²) in [5, 5.41) is 0. The lowest BCUT2D eigenvalue weighted by molar-refractivity contribution is 0.0848. The molecule has 0 aromatic carbocycles. The monoisotopic (exact) mass is 219 g/mol. The highest BCUT2D eigenvalue weighted by Crippen LogP contribution is 2.38. The topological polar surface area (TPSA) is 55.4 Å². The normalized spacial score (nSPS) is 33.5. The molecule has 2 atom stereocenters. The van der Waals surface area contributed by atoms with Gasteiger partial charge < -0.3 is 4.74 Å². The highest BCUT2D eigenvalue weighted by Gasteiger charge is 2.41. The molecule has 1 heterocycles. The van der Waals surface area contributed by atoms with Crippen molar-refractivity contribution in [3.63, 3.8) is 0 Å². The summed E-state index contributed by atoms with van der Waals surface area (Å²) in [6.07, 6.45) is 3.33. The molecule has 0 amide bonds. The molecule has 1 aliphatic heterocycles. The predicted octanol–water partition coefficient (Wildman–Crippen LogP) is 0.493. The van der Waals surface area contributed by atoms with Crippen molar-refractivity contribution in [1.29, 1.82) is 0 Å². The van der Waals surface area contributed by atoms with E-state index in [-0.39, 0.29) is 17.9 Å². The molecule has 2 aliphatic rings. The van der Waals surface area contributed by atoms with Gasteiger partial charge in [0, 0.05) is 6.61 Å². The standard InChI is InChI=1S/C9H17NO3S/c1-2-14(11,12)10-8-5-6-13-9(8)7-3-4-7/h7-10H,2-6H2,1H3. The van der Waals surface area contributed by atoms with Gasteiger partial charge in [-0.25, -0.2) is 13.1 Å². The molecule has 0 aromatic rings. The Bertz CT molecular complexity index is 297. The van der Waals surface area contributed by atoms with Crippen molar-refractivity contribution in [2.24, 2.45) is 5.92 Å². The number of rotatable bonds is 4. The zero-order chi connectivity index (χ0) is 10.2. The zero-order valence-corrected chi connectivity index (χ0v) is 9.22. The molecule has 0 aromatic heterocycles. The Kier molecular flexibility index (Phi) is 2.81. The van der Waals surface area contributed by atoms with Crippen LogP contribution in [0, 0.1) is 5.92 Å². The van der Waals surface area contributed by atoms with Gasteiger partial charge in [-0.15, -0.1) is 0 Å². The fourth-order valence-electron chi connectivity index (χ4n) is 1.94. The summed E-state index contributed by atoms with van der Waals surface area (Å²) < 4.78 is 31.0. The molecule has 14 heavy (non-hydrogen) atoms. The number of hydrogen-bond acceptors (Lipinski definition) is 3. The smallest absolute Gasteiger partial charge is 0.211 e. The van der Waals surface area contributed by atoms with Crippen LogP contribution in [-0.2, 0) is 14.8 Å². The van der Waals surface area contributed by atoms with Crippen molar-refractivity contribution in [2.45, 2.75) is 38.3 Å². The molecule has 2 rings (SSSR count). The quantitative estimate of drug-likeness (QED) is 0.749. The van der Waals surface area contributed by atoms with Crippen molar-refractivity contribution in [3.8, 4) is 0 Å². The van der Waals surface area contributed by atoms with Gasteiger partial charge in [-0.1, -0.05) is 0 Å². The van der Waals surface area contributed by atoms with Gasteiger partial charge in [0.15, 0.2) is 0 Å². The molecule has 2 unspecified atom stereocenters. The Morgan fingerprint density at radius 1 is 1.36 bits per heavy atom. The van der Waals surface area contributed by atoms with Crippen molar-refractivity contribution < 1.29 is 13.2 Å². The summed E-state index contributed by atoms with van der Waals surface area (Å²) in [5.41, 5.74) is 0. The molecule has 4 nitrogen and oxygen atoms in total. The van der Waals surface area contributed by atoms with E-state index < -0.39 is 10.0 Å². The molecule has 2 fully saturated rings. The lowest BCUT2D eigenvalue weighted by Gasteiger charge is -2.18. The second-order valence-electron chi connectivity index (χ2n) is 4.09. The summed E-state index contributed by atoms with van der Waals surface area (Å²) in [6, 6.07) is 0.0208. The first-order valence-corrected chi connectivity index (χ1v) is 6.89. The molecular weight excluding hydrogens is 202 g/mol. The Balaban J connectivity index is 1.96. The molecular formula is C9H17NO3S. The van der Waals surface area contributed by atoms with Crippen LogP contribution in [0.3, 0.4) is 0 Å². The average Bonchev–Trinajstić information content (AvgIpc) is 2.88. The first-order chi connectivity index (χ1) is 6.62. The maximum absolute atomic E-state index is 11.4. The summed E-state index contributed by atoms with van der Waals surface area (Å²) in [6.45, 7) is 2.35. The van der Waals surface area contributed by atoms with Crippen molar-refractivity contribution in [2.75, 3.05) is 12.4 Å². The summed E-state index contributed by atoms with van der Waals surface area (Å²) in [7, 11) is -3.07. The second kappa shape index (κ2) is 3.79. The van der Waals surface area contributed by atoms with E-state index in [1.165, 1.54) is 12.8 Å². The van der Waals surface area contributed by atoms with Gasteiger partial charge in [0.25, 0.3) is 0 Å². The minimum Gasteiger partial charge on any atom is -0.376 e. The van der Waals surface area contributed by atoms with Gasteiger partial charge in [0.2, 0.25) is 10.0 Å². The first-order valence-electron chi connectivity index (χ1n) is 5.24. The summed E-state index contributed by atoms with van der Waals surface area (Å²) >= 11 is 0. The van der Waals surface area contributed by atoms with Gasteiger partial charge in [-0.2, -0.15) is 0 Å². The molecule has 1 N–H and O–H groups in total. The SMILES string of the molecule is CCS(=O)(=O)NC1CCOC1C1CC1. The van der Waals surface area contributed by atoms with Crippen LogP contribution < -0.4 is 4.72 Å². The Morgan fingerprint density at radius 3 is 2.64 bits per heavy atom. The van der Waals surface area contributed by atoms with Gasteiger partial charge >= 0.3 is 0 Å². The lowest BCUT2D eigenvalue weighted by atomic mass is 10.1. The van der Waals surface area contributed by atoms with Crippen LogP contribution in [0.5, 0.6) is 0 Å². The highest BCUT2D eigenvalue weighted by atomic mass is 32.2. The van der Waals surface area contributed by atoms with E-state index >= 15 is 0 Å². The van der Waals surface area contributed by atoms with E-state index in [4.69, 9.17) is 4.74 Å². The van der Waals surface area contributed by atoms with Crippen LogP contribution in [0.2, 0.25) is 0 Å². The van der Waals surface area contributed by atoms with Crippen molar-refractivity contribution in [3.05, 3.63) is 0 Å². The molecule has 1 saturated heterocycles. The van der Waals surface area contributed by atoms with E-state index in [1.54, 1.807) is 6.92 Å². The van der Waals surface area contributed by atoms with E-state index in [1.807, 2.05) is 0 Å². The van der Waals surface area contributed by atoms with Crippen LogP contribution in [0.1, 0.15) is 26.2 Å². The Morgan fingerprint density at radius 2 is 2.07 bits per heavy atom. The number of nitrogens with one attached hydrogen (secondary N) is 1. The van der Waals surface area contributed by atoms with Crippen LogP contribution in [0.4, 0.5) is 0 Å². The Hall–Kier alpha value is -0.130. The van der Waals surface area contributed by atoms with E-state index in [0.29, 0.717) is 12.5 Å². The fourth-order valence-corrected chi connectivity index (χ4v) is 2.82. The summed E-state index contributed by atoms with van der Waals surface area (Å²) in [5.74, 6) is 0.753. The van der Waals surface area contributed by atoms with Gasteiger partial charge in [0.1, 0.15) is 0 Å². The fraction of sp³-hybridized carbons (Fsp3) is 1.00. The maximum Gasteiger partial charge on any atom is 0.211 e. The summed E-state index contributed by atoms with van der Waals surface area (Å²) in [4.78, 5) is 0. The second-order valence-corrected chi connectivity index (χ2v) is 6.13. The number of hydrogen-bond donors (Lipinski definition) is 1. The largest absolute Gasteiger partial charge is 0.376 e. The first kappa shape index (κ1) is 10.4. The molecule has 82 valence electrons. The minimum atomic E-state index is -3.07. The Labute approximate surface area is 85.1 Å². The predicted molar refractivity (Wildman–Crippen MR) is 53.5 cm³/mol. The zero-order valence-electron chi connectivity index (χ0n) is 8.40. The van der Waals surface area contributed by atoms with Crippen molar-refractivity contribution in [1.82, 2.24) is 4.72 Å². The minimum absolute atomic E-state index is 0.0208.